The van der Waals surface area contributed by atoms with Crippen LogP contribution in [0, 0.1) is 0 Å². The molecule has 0 saturated heterocycles. The summed E-state index contributed by atoms with van der Waals surface area (Å²) in [6.07, 6.45) is 0.807. The van der Waals surface area contributed by atoms with Crippen molar-refractivity contribution < 1.29 is 14.3 Å². The summed E-state index contributed by atoms with van der Waals surface area (Å²) in [6.45, 7) is 6.76. The Morgan fingerprint density at radius 1 is 1.12 bits per heavy atom. The van der Waals surface area contributed by atoms with Gasteiger partial charge in [-0.3, -0.25) is 14.2 Å². The maximum atomic E-state index is 13.2. The van der Waals surface area contributed by atoms with Gasteiger partial charge in [-0.1, -0.05) is 36.0 Å². The van der Waals surface area contributed by atoms with Crippen molar-refractivity contribution in [2.24, 2.45) is 0 Å². The lowest BCUT2D eigenvalue weighted by molar-refractivity contribution is -0.115. The molecule has 3 rings (SSSR count). The fraction of sp³-hybridized carbons (Fsp3) is 0.375. The molecule has 1 amide bonds. The van der Waals surface area contributed by atoms with Crippen LogP contribution in [0.3, 0.4) is 0 Å². The molecule has 0 bridgehead atoms. The van der Waals surface area contributed by atoms with E-state index in [9.17, 15) is 9.59 Å². The molecule has 7 nitrogen and oxygen atoms in total. The summed E-state index contributed by atoms with van der Waals surface area (Å²) in [5.41, 5.74) is 1.11. The molecule has 0 aliphatic rings. The highest BCUT2D eigenvalue weighted by molar-refractivity contribution is 8.00. The van der Waals surface area contributed by atoms with Crippen molar-refractivity contribution >= 4 is 34.3 Å². The van der Waals surface area contributed by atoms with Crippen LogP contribution in [0.1, 0.15) is 27.2 Å². The van der Waals surface area contributed by atoms with Crippen LogP contribution in [-0.2, 0) is 16.1 Å². The first-order valence-corrected chi connectivity index (χ1v) is 11.5. The average Bonchev–Trinajstić information content (AvgIpc) is 2.78. The lowest BCUT2D eigenvalue weighted by Crippen LogP contribution is -2.27. The van der Waals surface area contributed by atoms with Crippen molar-refractivity contribution in [1.29, 1.82) is 0 Å². The van der Waals surface area contributed by atoms with E-state index in [0.29, 0.717) is 47.1 Å². The number of thioether (sulfide) groups is 1. The van der Waals surface area contributed by atoms with Gasteiger partial charge in [0, 0.05) is 13.2 Å². The molecule has 0 aliphatic carbocycles. The highest BCUT2D eigenvalue weighted by atomic mass is 32.2. The number of nitrogens with one attached hydrogen (secondary N) is 1. The van der Waals surface area contributed by atoms with Crippen LogP contribution in [0.25, 0.3) is 10.9 Å². The fourth-order valence-electron chi connectivity index (χ4n) is 3.17. The summed E-state index contributed by atoms with van der Waals surface area (Å²) in [7, 11) is 1.56. The standard InChI is InChI=1S/C24H29N3O4S/c1-16(2)31-15-9-14-27-23(29)18-10-5-6-11-19(18)26-24(27)32-17(3)22(28)25-20-12-7-8-13-21(20)30-4/h5-8,10-13,16-17H,9,14-15H2,1-4H3,(H,25,28)/t17-/m1/s1. The van der Waals surface area contributed by atoms with Crippen LogP contribution in [0.2, 0.25) is 0 Å². The van der Waals surface area contributed by atoms with E-state index in [-0.39, 0.29) is 17.6 Å². The zero-order valence-corrected chi connectivity index (χ0v) is 19.6. The molecule has 32 heavy (non-hydrogen) atoms. The van der Waals surface area contributed by atoms with E-state index in [1.54, 1.807) is 36.8 Å². The molecule has 1 aromatic heterocycles. The van der Waals surface area contributed by atoms with Gasteiger partial charge in [-0.2, -0.15) is 0 Å². The second-order valence-corrected chi connectivity index (χ2v) is 8.90. The highest BCUT2D eigenvalue weighted by Crippen LogP contribution is 2.27. The number of ether oxygens (including phenoxy) is 2. The number of methoxy groups -OCH3 is 1. The maximum absolute atomic E-state index is 13.2. The van der Waals surface area contributed by atoms with Crippen LogP contribution in [-0.4, -0.2) is 40.5 Å². The fourth-order valence-corrected chi connectivity index (χ4v) is 4.11. The first kappa shape index (κ1) is 23.8. The van der Waals surface area contributed by atoms with Crippen LogP contribution in [0.15, 0.2) is 58.5 Å². The molecule has 2 aromatic carbocycles. The lowest BCUT2D eigenvalue weighted by Gasteiger charge is -2.17. The number of carbonyl (C=O) groups excluding carboxylic acids is 1. The largest absolute Gasteiger partial charge is 0.495 e. The molecule has 170 valence electrons. The number of benzene rings is 2. The predicted octanol–water partition coefficient (Wildman–Crippen LogP) is 4.34. The lowest BCUT2D eigenvalue weighted by atomic mass is 10.2. The van der Waals surface area contributed by atoms with Crippen LogP contribution < -0.4 is 15.6 Å². The average molecular weight is 456 g/mol. The number of amides is 1. The number of hydrogen-bond donors (Lipinski definition) is 1. The van der Waals surface area contributed by atoms with E-state index < -0.39 is 5.25 Å². The topological polar surface area (TPSA) is 82.5 Å². The third-order valence-electron chi connectivity index (χ3n) is 4.82. The van der Waals surface area contributed by atoms with E-state index in [2.05, 4.69) is 5.32 Å². The van der Waals surface area contributed by atoms with E-state index in [0.717, 1.165) is 0 Å². The molecule has 0 unspecified atom stereocenters. The Morgan fingerprint density at radius 3 is 2.59 bits per heavy atom. The Bertz CT molecular complexity index is 1130. The minimum Gasteiger partial charge on any atom is -0.495 e. The van der Waals surface area contributed by atoms with Crippen molar-refractivity contribution in [3.8, 4) is 5.75 Å². The normalized spacial score (nSPS) is 12.2. The molecule has 0 aliphatic heterocycles. The molecule has 8 heteroatoms. The maximum Gasteiger partial charge on any atom is 0.262 e. The number of hydrogen-bond acceptors (Lipinski definition) is 6. The Morgan fingerprint density at radius 2 is 1.84 bits per heavy atom. The zero-order chi connectivity index (χ0) is 23.1. The first-order valence-electron chi connectivity index (χ1n) is 10.6. The highest BCUT2D eigenvalue weighted by Gasteiger charge is 2.20. The van der Waals surface area contributed by atoms with Gasteiger partial charge in [0.05, 0.1) is 35.1 Å². The van der Waals surface area contributed by atoms with Gasteiger partial charge in [-0.05, 0) is 51.5 Å². The number of aromatic nitrogens is 2. The molecule has 1 heterocycles. The van der Waals surface area contributed by atoms with Crippen LogP contribution in [0.5, 0.6) is 5.75 Å². The SMILES string of the molecule is COc1ccccc1NC(=O)[C@@H](C)Sc1nc2ccccc2c(=O)n1CCCOC(C)C. The first-order chi connectivity index (χ1) is 15.4. The molecule has 3 aromatic rings. The monoisotopic (exact) mass is 455 g/mol. The number of fused-ring (bicyclic) bond motifs is 1. The molecule has 0 fully saturated rings. The van der Waals surface area contributed by atoms with Crippen molar-refractivity contribution in [1.82, 2.24) is 9.55 Å². The number of para-hydroxylation sites is 3. The third kappa shape index (κ3) is 5.89. The summed E-state index contributed by atoms with van der Waals surface area (Å²) in [6, 6.07) is 14.5. The van der Waals surface area contributed by atoms with Crippen molar-refractivity contribution in [2.75, 3.05) is 19.0 Å². The summed E-state index contributed by atoms with van der Waals surface area (Å²) in [5, 5.41) is 3.49. The molecule has 1 atom stereocenters. The van der Waals surface area contributed by atoms with Crippen LogP contribution >= 0.6 is 11.8 Å². The number of anilines is 1. The van der Waals surface area contributed by atoms with E-state index >= 15 is 0 Å². The van der Waals surface area contributed by atoms with Gasteiger partial charge in [-0.25, -0.2) is 4.98 Å². The molecule has 1 N–H and O–H groups in total. The Hall–Kier alpha value is -2.84. The Kier molecular flexibility index (Phi) is 8.30. The third-order valence-corrected chi connectivity index (χ3v) is 5.91. The summed E-state index contributed by atoms with van der Waals surface area (Å²) >= 11 is 1.26. The second-order valence-electron chi connectivity index (χ2n) is 7.59. The summed E-state index contributed by atoms with van der Waals surface area (Å²) in [4.78, 5) is 30.7. The van der Waals surface area contributed by atoms with Crippen LogP contribution in [0.4, 0.5) is 5.69 Å². The minimum atomic E-state index is -0.480. The van der Waals surface area contributed by atoms with E-state index in [4.69, 9.17) is 14.5 Å². The quantitative estimate of drug-likeness (QED) is 0.278. The van der Waals surface area contributed by atoms with Gasteiger partial charge in [0.2, 0.25) is 5.91 Å². The smallest absolute Gasteiger partial charge is 0.262 e. The number of rotatable bonds is 10. The summed E-state index contributed by atoms with van der Waals surface area (Å²) in [5.74, 6) is 0.389. The Labute approximate surface area is 192 Å². The van der Waals surface area contributed by atoms with E-state index in [1.165, 1.54) is 11.8 Å². The minimum absolute atomic E-state index is 0.111. The van der Waals surface area contributed by atoms with Gasteiger partial charge in [0.25, 0.3) is 5.56 Å². The molecular formula is C24H29N3O4S. The molecule has 0 radical (unpaired) electrons. The van der Waals surface area contributed by atoms with Crippen molar-refractivity contribution in [2.45, 2.75) is 50.2 Å². The zero-order valence-electron chi connectivity index (χ0n) is 18.8. The number of carbonyl (C=O) groups is 1. The molecule has 0 saturated carbocycles. The second kappa shape index (κ2) is 11.2. The van der Waals surface area contributed by atoms with Gasteiger partial charge < -0.3 is 14.8 Å². The van der Waals surface area contributed by atoms with E-state index in [1.807, 2.05) is 44.2 Å². The molecular weight excluding hydrogens is 426 g/mol. The predicted molar refractivity (Wildman–Crippen MR) is 129 cm³/mol. The van der Waals surface area contributed by atoms with Crippen molar-refractivity contribution in [3.63, 3.8) is 0 Å². The molecule has 0 spiro atoms. The van der Waals surface area contributed by atoms with Gasteiger partial charge in [0.1, 0.15) is 5.75 Å². The van der Waals surface area contributed by atoms with Gasteiger partial charge in [0.15, 0.2) is 5.16 Å². The van der Waals surface area contributed by atoms with Gasteiger partial charge in [-0.15, -0.1) is 0 Å². The van der Waals surface area contributed by atoms with Gasteiger partial charge >= 0.3 is 0 Å². The summed E-state index contributed by atoms with van der Waals surface area (Å²) < 4.78 is 12.6. The van der Waals surface area contributed by atoms with Crippen molar-refractivity contribution in [3.05, 3.63) is 58.9 Å². The number of nitrogens with zero attached hydrogens (tertiary/aromatic N) is 2. The Balaban J connectivity index is 1.83.